The summed E-state index contributed by atoms with van der Waals surface area (Å²) in [4.78, 5) is 4.66. The third kappa shape index (κ3) is 2.70. The van der Waals surface area contributed by atoms with E-state index >= 15 is 0 Å². The van der Waals surface area contributed by atoms with E-state index in [2.05, 4.69) is 90.0 Å². The maximum atomic E-state index is 4.66. The minimum atomic E-state index is 0.152. The van der Waals surface area contributed by atoms with Crippen LogP contribution in [0.4, 0.5) is 0 Å². The van der Waals surface area contributed by atoms with Gasteiger partial charge in [0.2, 0.25) is 0 Å². The molecule has 0 radical (unpaired) electrons. The first-order valence-corrected chi connectivity index (χ1v) is 7.79. The molecule has 2 aromatic carbocycles. The normalized spacial score (nSPS) is 17.4. The van der Waals surface area contributed by atoms with E-state index in [4.69, 9.17) is 0 Å². The fourth-order valence-corrected chi connectivity index (χ4v) is 3.32. The van der Waals surface area contributed by atoms with Gasteiger partial charge in [0.1, 0.15) is 0 Å². The van der Waals surface area contributed by atoms with Crippen LogP contribution >= 0.6 is 22.6 Å². The highest BCUT2D eigenvalue weighted by atomic mass is 127. The second-order valence-corrected chi connectivity index (χ2v) is 6.41. The molecule has 2 heteroatoms. The lowest BCUT2D eigenvalue weighted by atomic mass is 10.00. The zero-order valence-corrected chi connectivity index (χ0v) is 13.8. The van der Waals surface area contributed by atoms with Crippen molar-refractivity contribution in [2.24, 2.45) is 4.99 Å². The molecular weight excluding hydrogens is 357 g/mol. The third-order valence-electron chi connectivity index (χ3n) is 3.49. The van der Waals surface area contributed by atoms with Crippen LogP contribution in [0, 0.1) is 17.4 Å². The van der Waals surface area contributed by atoms with Crippen molar-refractivity contribution in [1.82, 2.24) is 0 Å². The zero-order chi connectivity index (χ0) is 14.1. The van der Waals surface area contributed by atoms with Gasteiger partial charge in [-0.1, -0.05) is 47.5 Å². The Morgan fingerprint density at radius 2 is 1.70 bits per heavy atom. The molecule has 100 valence electrons. The molecule has 20 heavy (non-hydrogen) atoms. The quantitative estimate of drug-likeness (QED) is 0.649. The number of benzene rings is 2. The van der Waals surface area contributed by atoms with Gasteiger partial charge in [0, 0.05) is 9.78 Å². The number of hydrogen-bond donors (Lipinski definition) is 0. The molecule has 0 aliphatic carbocycles. The van der Waals surface area contributed by atoms with Gasteiger partial charge in [0.15, 0.2) is 0 Å². The smallest absolute Gasteiger partial charge is 0.0950 e. The predicted octanol–water partition coefficient (Wildman–Crippen LogP) is 5.12. The van der Waals surface area contributed by atoms with Crippen LogP contribution in [-0.4, -0.2) is 6.21 Å². The summed E-state index contributed by atoms with van der Waals surface area (Å²) in [7, 11) is 0. The van der Waals surface area contributed by atoms with Crippen LogP contribution in [0.3, 0.4) is 0 Å². The van der Waals surface area contributed by atoms with Crippen LogP contribution in [0.15, 0.2) is 53.5 Å². The molecule has 3 rings (SSSR count). The van der Waals surface area contributed by atoms with E-state index in [1.807, 2.05) is 6.21 Å². The summed E-state index contributed by atoms with van der Waals surface area (Å²) >= 11 is 2.38. The van der Waals surface area contributed by atoms with E-state index in [1.54, 1.807) is 0 Å². The van der Waals surface area contributed by atoms with E-state index in [1.165, 1.54) is 31.4 Å². The Labute approximate surface area is 133 Å². The fraction of sp³-hybridized carbons (Fsp3) is 0.167. The van der Waals surface area contributed by atoms with Crippen molar-refractivity contribution in [3.05, 3.63) is 74.4 Å². The average Bonchev–Trinajstić information content (AvgIpc) is 2.87. The van der Waals surface area contributed by atoms with E-state index in [9.17, 15) is 0 Å². The summed E-state index contributed by atoms with van der Waals surface area (Å²) < 4.78 is 1.27. The van der Waals surface area contributed by atoms with Gasteiger partial charge in [-0.25, -0.2) is 0 Å². The van der Waals surface area contributed by atoms with Gasteiger partial charge >= 0.3 is 0 Å². The van der Waals surface area contributed by atoms with Crippen molar-refractivity contribution in [3.8, 4) is 0 Å². The summed E-state index contributed by atoms with van der Waals surface area (Å²) in [5.41, 5.74) is 6.36. The van der Waals surface area contributed by atoms with Crippen LogP contribution < -0.4 is 0 Å². The maximum absolute atomic E-state index is 4.66. The van der Waals surface area contributed by atoms with E-state index in [-0.39, 0.29) is 6.04 Å². The Bertz CT molecular complexity index is 693. The molecule has 0 N–H and O–H groups in total. The van der Waals surface area contributed by atoms with E-state index < -0.39 is 0 Å². The first-order valence-electron chi connectivity index (χ1n) is 6.71. The Hall–Kier alpha value is -1.42. The molecule has 0 saturated carbocycles. The van der Waals surface area contributed by atoms with E-state index in [0.29, 0.717) is 0 Å². The third-order valence-corrected chi connectivity index (χ3v) is 4.47. The Kier molecular flexibility index (Phi) is 3.74. The van der Waals surface area contributed by atoms with E-state index in [0.717, 1.165) is 0 Å². The van der Waals surface area contributed by atoms with Crippen molar-refractivity contribution in [1.29, 1.82) is 0 Å². The van der Waals surface area contributed by atoms with Crippen LogP contribution in [0.1, 0.15) is 28.3 Å². The number of hydrogen-bond acceptors (Lipinski definition) is 1. The van der Waals surface area contributed by atoms with Crippen molar-refractivity contribution >= 4 is 34.4 Å². The molecule has 2 aromatic rings. The molecule has 1 heterocycles. The van der Waals surface area contributed by atoms with Crippen LogP contribution in [0.25, 0.3) is 5.57 Å². The van der Waals surface area contributed by atoms with Gasteiger partial charge in [-0.15, -0.1) is 0 Å². The van der Waals surface area contributed by atoms with Gasteiger partial charge in [0.05, 0.1) is 6.04 Å². The summed E-state index contributed by atoms with van der Waals surface area (Å²) in [5.74, 6) is 0. The molecule has 0 saturated heterocycles. The molecule has 0 amide bonds. The lowest BCUT2D eigenvalue weighted by molar-refractivity contribution is 0.928. The van der Waals surface area contributed by atoms with Gasteiger partial charge in [-0.05, 0) is 65.3 Å². The zero-order valence-electron chi connectivity index (χ0n) is 11.6. The predicted molar refractivity (Wildman–Crippen MR) is 94.3 cm³/mol. The molecule has 0 fully saturated rings. The molecular formula is C18H16IN. The van der Waals surface area contributed by atoms with Crippen LogP contribution in [0.2, 0.25) is 0 Å². The van der Waals surface area contributed by atoms with Crippen molar-refractivity contribution in [3.63, 3.8) is 0 Å². The van der Waals surface area contributed by atoms with Crippen LogP contribution in [0.5, 0.6) is 0 Å². The molecule has 0 aromatic heterocycles. The fourth-order valence-electron chi connectivity index (χ4n) is 2.61. The molecule has 1 atom stereocenters. The lowest BCUT2D eigenvalue weighted by Gasteiger charge is -2.07. The summed E-state index contributed by atoms with van der Waals surface area (Å²) in [5, 5.41) is 0. The molecule has 1 nitrogen and oxygen atoms in total. The summed E-state index contributed by atoms with van der Waals surface area (Å²) in [6, 6.07) is 15.2. The first kappa shape index (κ1) is 13.6. The minimum Gasteiger partial charge on any atom is -0.280 e. The number of halogens is 1. The summed E-state index contributed by atoms with van der Waals surface area (Å²) in [6.07, 6.45) is 4.26. The molecule has 1 aliphatic heterocycles. The standard InChI is InChI=1S/C18H16IN/c1-12-7-13(2)9-14(8-12)15-10-18(20-11-15)16-5-3-4-6-17(16)19/h3-11,18H,1-2H3. The number of allylic oxidation sites excluding steroid dienone is 1. The molecule has 1 aliphatic rings. The topological polar surface area (TPSA) is 12.4 Å². The Morgan fingerprint density at radius 1 is 1.00 bits per heavy atom. The number of rotatable bonds is 2. The lowest BCUT2D eigenvalue weighted by Crippen LogP contribution is -1.92. The summed E-state index contributed by atoms with van der Waals surface area (Å²) in [6.45, 7) is 4.28. The highest BCUT2D eigenvalue weighted by Crippen LogP contribution is 2.31. The van der Waals surface area contributed by atoms with Gasteiger partial charge in [-0.3, -0.25) is 4.99 Å². The number of nitrogens with zero attached hydrogens (tertiary/aromatic N) is 1. The van der Waals surface area contributed by atoms with Crippen LogP contribution in [-0.2, 0) is 0 Å². The van der Waals surface area contributed by atoms with Crippen molar-refractivity contribution < 1.29 is 0 Å². The van der Waals surface area contributed by atoms with Crippen molar-refractivity contribution in [2.75, 3.05) is 0 Å². The molecule has 1 unspecified atom stereocenters. The second-order valence-electron chi connectivity index (χ2n) is 5.24. The number of aliphatic imine (C=N–C) groups is 1. The van der Waals surface area contributed by atoms with Gasteiger partial charge < -0.3 is 0 Å². The second kappa shape index (κ2) is 5.52. The largest absolute Gasteiger partial charge is 0.280 e. The highest BCUT2D eigenvalue weighted by Gasteiger charge is 2.16. The van der Waals surface area contributed by atoms with Gasteiger partial charge in [-0.2, -0.15) is 0 Å². The van der Waals surface area contributed by atoms with Crippen molar-refractivity contribution in [2.45, 2.75) is 19.9 Å². The molecule has 0 bridgehead atoms. The SMILES string of the molecule is Cc1cc(C)cc(C2=CC(c3ccccc3I)N=C2)c1. The monoisotopic (exact) mass is 373 g/mol. The first-order chi connectivity index (χ1) is 9.63. The Morgan fingerprint density at radius 3 is 2.40 bits per heavy atom. The average molecular weight is 373 g/mol. The minimum absolute atomic E-state index is 0.152. The highest BCUT2D eigenvalue weighted by molar-refractivity contribution is 14.1. The van der Waals surface area contributed by atoms with Gasteiger partial charge in [0.25, 0.3) is 0 Å². The number of aryl methyl sites for hydroxylation is 2. The Balaban J connectivity index is 1.97. The maximum Gasteiger partial charge on any atom is 0.0950 e. The molecule has 0 spiro atoms.